The molecule has 0 radical (unpaired) electrons. The highest BCUT2D eigenvalue weighted by atomic mass is 16.2. The van der Waals surface area contributed by atoms with Crippen molar-refractivity contribution in [3.63, 3.8) is 0 Å². The van der Waals surface area contributed by atoms with Crippen molar-refractivity contribution in [3.05, 3.63) is 18.2 Å². The van der Waals surface area contributed by atoms with Gasteiger partial charge in [-0.15, -0.1) is 0 Å². The van der Waals surface area contributed by atoms with E-state index in [-0.39, 0.29) is 11.8 Å². The van der Waals surface area contributed by atoms with Gasteiger partial charge in [0.25, 0.3) is 5.91 Å². The van der Waals surface area contributed by atoms with Crippen LogP contribution in [0.3, 0.4) is 0 Å². The molecule has 0 bridgehead atoms. The van der Waals surface area contributed by atoms with Gasteiger partial charge in [-0.25, -0.2) is 4.98 Å². The van der Waals surface area contributed by atoms with E-state index in [1.54, 1.807) is 22.0 Å². The monoisotopic (exact) mass is 281 g/mol. The first-order valence-corrected chi connectivity index (χ1v) is 6.90. The number of hydrogen-bond donors (Lipinski definition) is 2. The van der Waals surface area contributed by atoms with Gasteiger partial charge in [0.15, 0.2) is 0 Å². The molecule has 0 saturated carbocycles. The molecule has 0 aromatic carbocycles. The summed E-state index contributed by atoms with van der Waals surface area (Å²) in [6, 6.07) is 0. The van der Waals surface area contributed by atoms with Crippen LogP contribution in [-0.2, 0) is 11.3 Å². The normalized spacial score (nSPS) is 10.3. The van der Waals surface area contributed by atoms with Crippen LogP contribution < -0.4 is 11.1 Å². The minimum absolute atomic E-state index is 0.0453. The smallest absolute Gasteiger partial charge is 0.271 e. The summed E-state index contributed by atoms with van der Waals surface area (Å²) >= 11 is 0. The summed E-state index contributed by atoms with van der Waals surface area (Å²) in [6.07, 6.45) is 3.52. The van der Waals surface area contributed by atoms with Crippen LogP contribution in [0.25, 0.3) is 0 Å². The molecule has 0 unspecified atom stereocenters. The van der Waals surface area contributed by atoms with Gasteiger partial charge in [0, 0.05) is 45.3 Å². The number of hydrogen-bond acceptors (Lipinski definition) is 4. The van der Waals surface area contributed by atoms with Gasteiger partial charge in [0.1, 0.15) is 5.69 Å². The third-order valence-electron chi connectivity index (χ3n) is 2.99. The zero-order chi connectivity index (χ0) is 15.0. The number of nitrogens with two attached hydrogens (primary N) is 1. The van der Waals surface area contributed by atoms with E-state index in [2.05, 4.69) is 10.3 Å². The first-order chi connectivity index (χ1) is 9.62. The predicted molar refractivity (Wildman–Crippen MR) is 76.2 cm³/mol. The molecule has 2 amide bonds. The van der Waals surface area contributed by atoms with Crippen LogP contribution in [0.4, 0.5) is 0 Å². The van der Waals surface area contributed by atoms with E-state index in [1.807, 2.05) is 13.8 Å². The van der Waals surface area contributed by atoms with Gasteiger partial charge in [-0.2, -0.15) is 0 Å². The molecule has 1 aromatic heterocycles. The third-order valence-corrected chi connectivity index (χ3v) is 2.99. The van der Waals surface area contributed by atoms with Crippen LogP contribution in [0, 0.1) is 0 Å². The van der Waals surface area contributed by atoms with Gasteiger partial charge in [-0.1, -0.05) is 0 Å². The van der Waals surface area contributed by atoms with Crippen LogP contribution in [0.5, 0.6) is 0 Å². The van der Waals surface area contributed by atoms with Crippen molar-refractivity contribution in [2.24, 2.45) is 5.73 Å². The molecule has 112 valence electrons. The summed E-state index contributed by atoms with van der Waals surface area (Å²) in [4.78, 5) is 29.3. The van der Waals surface area contributed by atoms with Crippen LogP contribution in [0.15, 0.2) is 12.5 Å². The maximum absolute atomic E-state index is 11.8. The number of imidazole rings is 1. The summed E-state index contributed by atoms with van der Waals surface area (Å²) in [5.41, 5.74) is 5.76. The predicted octanol–water partition coefficient (Wildman–Crippen LogP) is -0.170. The quantitative estimate of drug-likeness (QED) is 0.692. The highest BCUT2D eigenvalue weighted by Crippen LogP contribution is 1.97. The topological polar surface area (TPSA) is 93.2 Å². The van der Waals surface area contributed by atoms with Gasteiger partial charge in [-0.05, 0) is 13.8 Å². The second-order valence-electron chi connectivity index (χ2n) is 4.36. The minimum Gasteiger partial charge on any atom is -0.350 e. The van der Waals surface area contributed by atoms with Crippen molar-refractivity contribution in [1.82, 2.24) is 19.8 Å². The second kappa shape index (κ2) is 8.31. The maximum atomic E-state index is 11.8. The van der Waals surface area contributed by atoms with Crippen molar-refractivity contribution in [2.45, 2.75) is 26.8 Å². The SMILES string of the molecule is CCN(CC)C(=O)CCNC(=O)c1cn(CCN)cn1. The lowest BCUT2D eigenvalue weighted by molar-refractivity contribution is -0.130. The molecule has 0 aliphatic rings. The van der Waals surface area contributed by atoms with Crippen molar-refractivity contribution < 1.29 is 9.59 Å². The van der Waals surface area contributed by atoms with E-state index in [4.69, 9.17) is 5.73 Å². The van der Waals surface area contributed by atoms with E-state index in [1.165, 1.54) is 0 Å². The maximum Gasteiger partial charge on any atom is 0.271 e. The summed E-state index contributed by atoms with van der Waals surface area (Å²) in [5, 5.41) is 2.69. The lowest BCUT2D eigenvalue weighted by Crippen LogP contribution is -2.34. The zero-order valence-corrected chi connectivity index (χ0v) is 12.1. The number of nitrogens with one attached hydrogen (secondary N) is 1. The fraction of sp³-hybridized carbons (Fsp3) is 0.615. The Morgan fingerprint density at radius 3 is 2.70 bits per heavy atom. The van der Waals surface area contributed by atoms with E-state index in [0.29, 0.717) is 44.8 Å². The van der Waals surface area contributed by atoms with E-state index >= 15 is 0 Å². The first kappa shape index (κ1) is 16.2. The van der Waals surface area contributed by atoms with Gasteiger partial charge < -0.3 is 20.5 Å². The Hall–Kier alpha value is -1.89. The van der Waals surface area contributed by atoms with Crippen LogP contribution in [-0.4, -0.2) is 52.4 Å². The van der Waals surface area contributed by atoms with Crippen molar-refractivity contribution in [3.8, 4) is 0 Å². The number of carbonyl (C=O) groups is 2. The lowest BCUT2D eigenvalue weighted by atomic mass is 10.3. The molecular formula is C13H23N5O2. The van der Waals surface area contributed by atoms with Crippen LogP contribution in [0.2, 0.25) is 0 Å². The number of amides is 2. The van der Waals surface area contributed by atoms with Crippen molar-refractivity contribution in [2.75, 3.05) is 26.2 Å². The average Bonchev–Trinajstić information content (AvgIpc) is 2.89. The van der Waals surface area contributed by atoms with Crippen LogP contribution >= 0.6 is 0 Å². The molecule has 1 rings (SSSR count). The molecule has 7 heteroatoms. The Morgan fingerprint density at radius 2 is 2.10 bits per heavy atom. The highest BCUT2D eigenvalue weighted by Gasteiger charge is 2.12. The lowest BCUT2D eigenvalue weighted by Gasteiger charge is -2.18. The third kappa shape index (κ3) is 4.65. The molecule has 0 fully saturated rings. The Labute approximate surface area is 119 Å². The molecule has 0 aliphatic heterocycles. The average molecular weight is 281 g/mol. The first-order valence-electron chi connectivity index (χ1n) is 6.90. The van der Waals surface area contributed by atoms with Gasteiger partial charge in [0.2, 0.25) is 5.91 Å². The molecule has 7 nitrogen and oxygen atoms in total. The van der Waals surface area contributed by atoms with E-state index in [0.717, 1.165) is 0 Å². The Bertz CT molecular complexity index is 440. The molecular weight excluding hydrogens is 258 g/mol. The molecule has 0 aliphatic carbocycles. The zero-order valence-electron chi connectivity index (χ0n) is 12.1. The van der Waals surface area contributed by atoms with Gasteiger partial charge >= 0.3 is 0 Å². The summed E-state index contributed by atoms with van der Waals surface area (Å²) in [5.74, 6) is -0.225. The van der Waals surface area contributed by atoms with Crippen LogP contribution in [0.1, 0.15) is 30.8 Å². The van der Waals surface area contributed by atoms with Crippen molar-refractivity contribution in [1.29, 1.82) is 0 Å². The number of carbonyl (C=O) groups excluding carboxylic acids is 2. The minimum atomic E-state index is -0.270. The van der Waals surface area contributed by atoms with E-state index in [9.17, 15) is 9.59 Å². The Morgan fingerprint density at radius 1 is 1.40 bits per heavy atom. The largest absolute Gasteiger partial charge is 0.350 e. The highest BCUT2D eigenvalue weighted by molar-refractivity contribution is 5.92. The molecule has 1 heterocycles. The molecule has 0 spiro atoms. The summed E-state index contributed by atoms with van der Waals surface area (Å²) < 4.78 is 1.76. The standard InChI is InChI=1S/C13H23N5O2/c1-3-18(4-2)12(19)5-7-15-13(20)11-9-17(8-6-14)10-16-11/h9-10H,3-8,14H2,1-2H3,(H,15,20). The summed E-state index contributed by atoms with van der Waals surface area (Å²) in [6.45, 7) is 6.68. The number of nitrogens with zero attached hydrogens (tertiary/aromatic N) is 3. The summed E-state index contributed by atoms with van der Waals surface area (Å²) in [7, 11) is 0. The Kier molecular flexibility index (Phi) is 6.72. The van der Waals surface area contributed by atoms with Gasteiger partial charge in [0.05, 0.1) is 6.33 Å². The molecule has 3 N–H and O–H groups in total. The fourth-order valence-corrected chi connectivity index (χ4v) is 1.86. The Balaban J connectivity index is 2.37. The number of rotatable bonds is 8. The fourth-order valence-electron chi connectivity index (χ4n) is 1.86. The molecule has 20 heavy (non-hydrogen) atoms. The molecule has 0 saturated heterocycles. The molecule has 0 atom stereocenters. The van der Waals surface area contributed by atoms with E-state index < -0.39 is 0 Å². The van der Waals surface area contributed by atoms with Gasteiger partial charge in [-0.3, -0.25) is 9.59 Å². The van der Waals surface area contributed by atoms with Crippen molar-refractivity contribution >= 4 is 11.8 Å². The number of aromatic nitrogens is 2. The molecule has 1 aromatic rings. The second-order valence-corrected chi connectivity index (χ2v) is 4.36.